The fraction of sp³-hybridized carbons (Fsp3) is 0.359. The molecular formula is C39H39FN8O4. The van der Waals surface area contributed by atoms with Crippen LogP contribution in [-0.2, 0) is 28.5 Å². The second-order valence-corrected chi connectivity index (χ2v) is 14.6. The Labute approximate surface area is 298 Å². The van der Waals surface area contributed by atoms with Crippen molar-refractivity contribution in [1.29, 1.82) is 0 Å². The maximum atomic E-state index is 15.7. The van der Waals surface area contributed by atoms with E-state index in [1.54, 1.807) is 29.9 Å². The van der Waals surface area contributed by atoms with Gasteiger partial charge in [-0.1, -0.05) is 12.1 Å². The summed E-state index contributed by atoms with van der Waals surface area (Å²) in [6.07, 6.45) is 5.01. The molecule has 52 heavy (non-hydrogen) atoms. The van der Waals surface area contributed by atoms with Crippen LogP contribution >= 0.6 is 0 Å². The van der Waals surface area contributed by atoms with Crippen LogP contribution in [0.2, 0.25) is 0 Å². The van der Waals surface area contributed by atoms with E-state index in [-0.39, 0.29) is 35.2 Å². The van der Waals surface area contributed by atoms with E-state index in [1.165, 1.54) is 4.57 Å². The van der Waals surface area contributed by atoms with Crippen molar-refractivity contribution in [3.05, 3.63) is 93.9 Å². The number of imide groups is 1. The number of pyridine rings is 1. The molecule has 3 N–H and O–H groups in total. The van der Waals surface area contributed by atoms with Crippen LogP contribution < -0.4 is 21.2 Å². The minimum atomic E-state index is -0.715. The fourth-order valence-electron chi connectivity index (χ4n) is 8.33. The third-order valence-electron chi connectivity index (χ3n) is 11.5. The van der Waals surface area contributed by atoms with Gasteiger partial charge in [-0.05, 0) is 73.7 Å². The first-order chi connectivity index (χ1) is 25.2. The number of nitrogens with one attached hydrogen (secondary N) is 3. The quantitative estimate of drug-likeness (QED) is 0.220. The van der Waals surface area contributed by atoms with Gasteiger partial charge in [-0.25, -0.2) is 9.18 Å². The van der Waals surface area contributed by atoms with Crippen molar-refractivity contribution < 1.29 is 18.8 Å². The molecule has 3 amide bonds. The van der Waals surface area contributed by atoms with E-state index in [0.29, 0.717) is 35.3 Å². The molecule has 0 radical (unpaired) electrons. The van der Waals surface area contributed by atoms with E-state index in [9.17, 15) is 19.2 Å². The lowest BCUT2D eigenvalue weighted by Gasteiger charge is -2.36. The number of aromatic amines is 1. The number of nitrogens with zero attached hydrogens (tertiary/aromatic N) is 5. The van der Waals surface area contributed by atoms with Crippen molar-refractivity contribution in [3.63, 3.8) is 0 Å². The maximum absolute atomic E-state index is 15.7. The van der Waals surface area contributed by atoms with Gasteiger partial charge in [0.15, 0.2) is 0 Å². The van der Waals surface area contributed by atoms with E-state index in [2.05, 4.69) is 30.4 Å². The molecule has 0 bridgehead atoms. The summed E-state index contributed by atoms with van der Waals surface area (Å²) in [5.41, 5.74) is 7.44. The third-order valence-corrected chi connectivity index (χ3v) is 11.5. The number of fused-ring (bicyclic) bond motifs is 3. The van der Waals surface area contributed by atoms with Gasteiger partial charge >= 0.3 is 5.69 Å². The van der Waals surface area contributed by atoms with Crippen LogP contribution in [0.1, 0.15) is 53.3 Å². The molecule has 12 nitrogen and oxygen atoms in total. The van der Waals surface area contributed by atoms with Crippen LogP contribution in [0.3, 0.4) is 0 Å². The second-order valence-electron chi connectivity index (χ2n) is 14.6. The van der Waals surface area contributed by atoms with Gasteiger partial charge in [-0.15, -0.1) is 0 Å². The number of halogens is 1. The largest absolute Gasteiger partial charge is 0.369 e. The molecule has 3 fully saturated rings. The van der Waals surface area contributed by atoms with Crippen LogP contribution in [0.25, 0.3) is 33.5 Å². The molecular weight excluding hydrogens is 663 g/mol. The normalized spacial score (nSPS) is 19.9. The van der Waals surface area contributed by atoms with E-state index < -0.39 is 11.9 Å². The number of piperazine rings is 1. The number of benzene rings is 2. The lowest BCUT2D eigenvalue weighted by atomic mass is 9.95. The van der Waals surface area contributed by atoms with E-state index in [1.807, 2.05) is 42.5 Å². The van der Waals surface area contributed by atoms with Gasteiger partial charge in [0.25, 0.3) is 5.91 Å². The number of piperidine rings is 1. The van der Waals surface area contributed by atoms with Crippen molar-refractivity contribution in [2.24, 2.45) is 7.05 Å². The summed E-state index contributed by atoms with van der Waals surface area (Å²) in [6.45, 7) is 4.55. The summed E-state index contributed by atoms with van der Waals surface area (Å²) >= 11 is 0. The average molecular weight is 703 g/mol. The van der Waals surface area contributed by atoms with E-state index in [4.69, 9.17) is 0 Å². The average Bonchev–Trinajstić information content (AvgIpc) is 3.70. The van der Waals surface area contributed by atoms with Crippen molar-refractivity contribution in [2.45, 2.75) is 43.6 Å². The summed E-state index contributed by atoms with van der Waals surface area (Å²) < 4.78 is 18.8. The van der Waals surface area contributed by atoms with Crippen LogP contribution in [0.15, 0.2) is 65.6 Å². The Bertz CT molecular complexity index is 2350. The van der Waals surface area contributed by atoms with Crippen molar-refractivity contribution in [3.8, 4) is 22.5 Å². The van der Waals surface area contributed by atoms with Crippen molar-refractivity contribution in [1.82, 2.24) is 34.6 Å². The highest BCUT2D eigenvalue weighted by Gasteiger charge is 2.50. The summed E-state index contributed by atoms with van der Waals surface area (Å²) in [4.78, 5) is 62.8. The van der Waals surface area contributed by atoms with Gasteiger partial charge in [0, 0.05) is 92.6 Å². The van der Waals surface area contributed by atoms with Gasteiger partial charge in [-0.3, -0.25) is 38.7 Å². The SMILES string of the molecule is Cn1c(=O)n(C2CCC(=O)NC2=O)c2cccc(CCN3CCN(c4ccc(-c5cc(-c6cc7c([nH]6)C6(CC6)CNC7=O)ccn5)c(F)c4)CC3)c21. The summed E-state index contributed by atoms with van der Waals surface area (Å²) in [5, 5.41) is 5.38. The Hall–Kier alpha value is -5.56. The zero-order chi connectivity index (χ0) is 35.7. The second kappa shape index (κ2) is 12.3. The Morgan fingerprint density at radius 1 is 0.962 bits per heavy atom. The number of imidazole rings is 1. The zero-order valence-corrected chi connectivity index (χ0v) is 28.9. The number of anilines is 1. The number of hydrogen-bond acceptors (Lipinski definition) is 7. The molecule has 2 aromatic carbocycles. The molecule has 5 aromatic rings. The predicted molar refractivity (Wildman–Crippen MR) is 194 cm³/mol. The number of amides is 3. The molecule has 1 aliphatic carbocycles. The molecule has 13 heteroatoms. The lowest BCUT2D eigenvalue weighted by molar-refractivity contribution is -0.135. The van der Waals surface area contributed by atoms with Crippen molar-refractivity contribution in [2.75, 3.05) is 44.2 Å². The molecule has 4 aliphatic rings. The highest BCUT2D eigenvalue weighted by atomic mass is 19.1. The highest BCUT2D eigenvalue weighted by molar-refractivity contribution is 6.00. The fourth-order valence-corrected chi connectivity index (χ4v) is 8.33. The Morgan fingerprint density at radius 3 is 2.56 bits per heavy atom. The van der Waals surface area contributed by atoms with Gasteiger partial charge < -0.3 is 15.2 Å². The molecule has 266 valence electrons. The number of carbonyl (C=O) groups is 3. The first-order valence-electron chi connectivity index (χ1n) is 18.0. The Balaban J connectivity index is 0.861. The number of aryl methyl sites for hydroxylation is 1. The molecule has 9 rings (SSSR count). The molecule has 3 aromatic heterocycles. The zero-order valence-electron chi connectivity index (χ0n) is 28.9. The minimum absolute atomic E-state index is 0.0226. The number of H-pyrrole nitrogens is 1. The Kier molecular flexibility index (Phi) is 7.65. The van der Waals surface area contributed by atoms with Gasteiger partial charge in [0.05, 0.1) is 22.3 Å². The molecule has 3 aliphatic heterocycles. The summed E-state index contributed by atoms with van der Waals surface area (Å²) in [6, 6.07) is 16.0. The van der Waals surface area contributed by atoms with Crippen LogP contribution in [0.4, 0.5) is 10.1 Å². The van der Waals surface area contributed by atoms with Gasteiger partial charge in [0.2, 0.25) is 11.8 Å². The van der Waals surface area contributed by atoms with Crippen LogP contribution in [0.5, 0.6) is 0 Å². The van der Waals surface area contributed by atoms with Crippen LogP contribution in [0, 0.1) is 5.82 Å². The van der Waals surface area contributed by atoms with E-state index in [0.717, 1.165) is 85.7 Å². The monoisotopic (exact) mass is 702 g/mol. The number of para-hydroxylation sites is 1. The van der Waals surface area contributed by atoms with Crippen LogP contribution in [-0.4, -0.2) is 81.0 Å². The Morgan fingerprint density at radius 2 is 1.79 bits per heavy atom. The third kappa shape index (κ3) is 5.42. The number of aromatic nitrogens is 4. The molecule has 1 atom stereocenters. The van der Waals surface area contributed by atoms with E-state index >= 15 is 4.39 Å². The first-order valence-corrected chi connectivity index (χ1v) is 18.0. The topological polar surface area (TPSA) is 137 Å². The molecule has 1 saturated carbocycles. The molecule has 6 heterocycles. The molecule has 1 unspecified atom stereocenters. The van der Waals surface area contributed by atoms with Gasteiger partial charge in [-0.2, -0.15) is 0 Å². The van der Waals surface area contributed by atoms with Gasteiger partial charge in [0.1, 0.15) is 11.9 Å². The van der Waals surface area contributed by atoms with Crippen molar-refractivity contribution >= 4 is 34.4 Å². The highest BCUT2D eigenvalue weighted by Crippen LogP contribution is 2.50. The predicted octanol–water partition coefficient (Wildman–Crippen LogP) is 3.65. The lowest BCUT2D eigenvalue weighted by Crippen LogP contribution is -2.47. The minimum Gasteiger partial charge on any atom is -0.369 e. The molecule has 2 saturated heterocycles. The standard InChI is InChI=1S/C39H39FN8O4/c1-45-34-23(3-2-4-31(34)48(38(45)52)32-7-8-33(49)44-37(32)51)10-14-46-15-17-47(18-16-46)25-5-6-26(28(40)20-25)30-19-24(9-13-41-30)29-21-27-35(43-29)39(11-12-39)22-42-36(27)50/h2-6,9,13,19-21,32,43H,7-8,10-12,14-18,22H2,1H3,(H,42,50)(H,44,49,51). The first kappa shape index (κ1) is 32.4. The maximum Gasteiger partial charge on any atom is 0.329 e. The number of rotatable bonds is 7. The number of hydrogen-bond donors (Lipinski definition) is 3. The smallest absolute Gasteiger partial charge is 0.329 e. The number of carbonyl (C=O) groups excluding carboxylic acids is 3. The summed E-state index contributed by atoms with van der Waals surface area (Å²) in [7, 11) is 1.73. The summed E-state index contributed by atoms with van der Waals surface area (Å²) in [5.74, 6) is -1.15. The molecule has 1 spiro atoms.